The van der Waals surface area contributed by atoms with E-state index in [1.165, 1.54) is 37.8 Å². The molecule has 0 amide bonds. The van der Waals surface area contributed by atoms with Crippen molar-refractivity contribution in [2.45, 2.75) is 45.6 Å². The summed E-state index contributed by atoms with van der Waals surface area (Å²) in [5.74, 6) is -0.279. The third kappa shape index (κ3) is 3.24. The topological polar surface area (TPSA) is 12.0 Å². The highest BCUT2D eigenvalue weighted by atomic mass is 35.5. The first-order valence-corrected chi connectivity index (χ1v) is 7.06. The molecule has 1 aromatic rings. The Kier molecular flexibility index (Phi) is 4.29. The molecular weight excluding hydrogens is 249 g/mol. The maximum atomic E-state index is 13.0. The van der Waals surface area contributed by atoms with Crippen LogP contribution in [-0.2, 0) is 0 Å². The van der Waals surface area contributed by atoms with Crippen LogP contribution < -0.4 is 5.32 Å². The molecule has 3 heteroatoms. The van der Waals surface area contributed by atoms with Crippen molar-refractivity contribution >= 4 is 11.6 Å². The van der Waals surface area contributed by atoms with E-state index in [-0.39, 0.29) is 11.9 Å². The van der Waals surface area contributed by atoms with Gasteiger partial charge in [0.2, 0.25) is 0 Å². The molecule has 1 fully saturated rings. The van der Waals surface area contributed by atoms with E-state index in [4.69, 9.17) is 11.6 Å². The molecular formula is C15H21ClFN. The number of hydrogen-bond donors (Lipinski definition) is 1. The molecule has 1 N–H and O–H groups in total. The van der Waals surface area contributed by atoms with Crippen LogP contribution in [0.4, 0.5) is 4.39 Å². The van der Waals surface area contributed by atoms with Crippen molar-refractivity contribution in [2.75, 3.05) is 6.54 Å². The van der Waals surface area contributed by atoms with Crippen molar-refractivity contribution in [2.24, 2.45) is 5.41 Å². The lowest BCUT2D eigenvalue weighted by Crippen LogP contribution is -2.31. The molecule has 1 aliphatic carbocycles. The molecule has 0 aromatic heterocycles. The summed E-state index contributed by atoms with van der Waals surface area (Å²) in [6.45, 7) is 5.42. The summed E-state index contributed by atoms with van der Waals surface area (Å²) in [6.07, 6.45) is 5.27. The molecule has 18 heavy (non-hydrogen) atoms. The summed E-state index contributed by atoms with van der Waals surface area (Å²) in [5.41, 5.74) is 1.39. The second kappa shape index (κ2) is 5.58. The van der Waals surface area contributed by atoms with Crippen LogP contribution in [0.3, 0.4) is 0 Å². The molecule has 1 aromatic carbocycles. The first-order valence-electron chi connectivity index (χ1n) is 6.68. The number of hydrogen-bond acceptors (Lipinski definition) is 1. The molecule has 1 aliphatic rings. The van der Waals surface area contributed by atoms with Crippen LogP contribution in [0, 0.1) is 11.2 Å². The van der Waals surface area contributed by atoms with Gasteiger partial charge in [-0.05, 0) is 42.9 Å². The number of benzene rings is 1. The summed E-state index contributed by atoms with van der Waals surface area (Å²) < 4.78 is 13.0. The lowest BCUT2D eigenvalue weighted by atomic mass is 9.88. The molecule has 0 radical (unpaired) electrons. The maximum absolute atomic E-state index is 13.0. The highest BCUT2D eigenvalue weighted by Gasteiger charge is 2.28. The summed E-state index contributed by atoms with van der Waals surface area (Å²) in [6, 6.07) is 4.78. The Morgan fingerprint density at radius 3 is 2.67 bits per heavy atom. The van der Waals surface area contributed by atoms with E-state index in [0.29, 0.717) is 10.4 Å². The van der Waals surface area contributed by atoms with E-state index in [1.54, 1.807) is 6.07 Å². The molecule has 0 saturated heterocycles. The average Bonchev–Trinajstić information content (AvgIpc) is 2.74. The minimum atomic E-state index is -0.279. The van der Waals surface area contributed by atoms with E-state index in [9.17, 15) is 4.39 Å². The molecule has 1 nitrogen and oxygen atoms in total. The van der Waals surface area contributed by atoms with Gasteiger partial charge in [-0.2, -0.15) is 0 Å². The number of nitrogens with one attached hydrogen (secondary N) is 1. The maximum Gasteiger partial charge on any atom is 0.124 e. The third-order valence-electron chi connectivity index (χ3n) is 4.07. The molecule has 2 rings (SSSR count). The van der Waals surface area contributed by atoms with Crippen molar-refractivity contribution in [1.82, 2.24) is 5.32 Å². The van der Waals surface area contributed by atoms with Gasteiger partial charge >= 0.3 is 0 Å². The van der Waals surface area contributed by atoms with Gasteiger partial charge in [-0.1, -0.05) is 37.4 Å². The molecule has 1 saturated carbocycles. The normalized spacial score (nSPS) is 20.0. The zero-order valence-corrected chi connectivity index (χ0v) is 11.9. The minimum Gasteiger partial charge on any atom is -0.310 e. The smallest absolute Gasteiger partial charge is 0.124 e. The van der Waals surface area contributed by atoms with Crippen LogP contribution in [-0.4, -0.2) is 6.54 Å². The predicted octanol–water partition coefficient (Wildman–Crippen LogP) is 4.71. The summed E-state index contributed by atoms with van der Waals surface area (Å²) in [7, 11) is 0. The van der Waals surface area contributed by atoms with Crippen molar-refractivity contribution in [3.63, 3.8) is 0 Å². The zero-order chi connectivity index (χ0) is 13.2. The Balaban J connectivity index is 1.97. The van der Waals surface area contributed by atoms with E-state index in [1.807, 2.05) is 0 Å². The van der Waals surface area contributed by atoms with E-state index >= 15 is 0 Å². The van der Waals surface area contributed by atoms with Gasteiger partial charge in [0.1, 0.15) is 5.82 Å². The van der Waals surface area contributed by atoms with Gasteiger partial charge in [0.05, 0.1) is 0 Å². The van der Waals surface area contributed by atoms with Gasteiger partial charge in [-0.25, -0.2) is 4.39 Å². The fraction of sp³-hybridized carbons (Fsp3) is 0.600. The van der Waals surface area contributed by atoms with Crippen LogP contribution in [0.25, 0.3) is 0 Å². The summed E-state index contributed by atoms with van der Waals surface area (Å²) in [4.78, 5) is 0. The van der Waals surface area contributed by atoms with Gasteiger partial charge < -0.3 is 5.32 Å². The quantitative estimate of drug-likeness (QED) is 0.835. The van der Waals surface area contributed by atoms with Gasteiger partial charge in [0, 0.05) is 17.6 Å². The highest BCUT2D eigenvalue weighted by Crippen LogP contribution is 2.37. The van der Waals surface area contributed by atoms with E-state index < -0.39 is 0 Å². The van der Waals surface area contributed by atoms with E-state index in [0.717, 1.165) is 12.1 Å². The van der Waals surface area contributed by atoms with Crippen molar-refractivity contribution < 1.29 is 4.39 Å². The lowest BCUT2D eigenvalue weighted by molar-refractivity contribution is 0.302. The molecule has 1 atom stereocenters. The van der Waals surface area contributed by atoms with Gasteiger partial charge in [0.15, 0.2) is 0 Å². The molecule has 1 unspecified atom stereocenters. The molecule has 100 valence electrons. The number of halogens is 2. The van der Waals surface area contributed by atoms with Crippen LogP contribution >= 0.6 is 11.6 Å². The molecule has 0 heterocycles. The van der Waals surface area contributed by atoms with Gasteiger partial charge in [-0.3, -0.25) is 0 Å². The Hall–Kier alpha value is -0.600. The van der Waals surface area contributed by atoms with Crippen LogP contribution in [0.2, 0.25) is 5.02 Å². The Bertz CT molecular complexity index is 413. The van der Waals surface area contributed by atoms with Crippen LogP contribution in [0.5, 0.6) is 0 Å². The van der Waals surface area contributed by atoms with Crippen molar-refractivity contribution in [3.05, 3.63) is 34.6 Å². The third-order valence-corrected chi connectivity index (χ3v) is 4.40. The van der Waals surface area contributed by atoms with Crippen LogP contribution in [0.1, 0.15) is 51.1 Å². The Morgan fingerprint density at radius 1 is 1.39 bits per heavy atom. The Morgan fingerprint density at radius 2 is 2.06 bits per heavy atom. The minimum absolute atomic E-state index is 0.163. The Labute approximate surface area is 114 Å². The monoisotopic (exact) mass is 269 g/mol. The van der Waals surface area contributed by atoms with Crippen molar-refractivity contribution in [3.8, 4) is 0 Å². The predicted molar refractivity (Wildman–Crippen MR) is 74.4 cm³/mol. The molecule has 0 aliphatic heterocycles. The SMILES string of the molecule is CC(NCC1(C)CCCC1)c1ccc(F)cc1Cl. The number of rotatable bonds is 4. The highest BCUT2D eigenvalue weighted by molar-refractivity contribution is 6.31. The van der Waals surface area contributed by atoms with Crippen LogP contribution in [0.15, 0.2) is 18.2 Å². The van der Waals surface area contributed by atoms with Gasteiger partial charge in [0.25, 0.3) is 0 Å². The fourth-order valence-corrected chi connectivity index (χ4v) is 3.10. The van der Waals surface area contributed by atoms with Crippen molar-refractivity contribution in [1.29, 1.82) is 0 Å². The standard InChI is InChI=1S/C15H21ClFN/c1-11(13-6-5-12(17)9-14(13)16)18-10-15(2)7-3-4-8-15/h5-6,9,11,18H,3-4,7-8,10H2,1-2H3. The zero-order valence-electron chi connectivity index (χ0n) is 11.1. The average molecular weight is 270 g/mol. The first kappa shape index (κ1) is 13.8. The first-order chi connectivity index (χ1) is 8.50. The fourth-order valence-electron chi connectivity index (χ4n) is 2.77. The van der Waals surface area contributed by atoms with E-state index in [2.05, 4.69) is 19.2 Å². The summed E-state index contributed by atoms with van der Waals surface area (Å²) in [5, 5.41) is 4.04. The van der Waals surface area contributed by atoms with Gasteiger partial charge in [-0.15, -0.1) is 0 Å². The lowest BCUT2D eigenvalue weighted by Gasteiger charge is -2.27. The second-order valence-electron chi connectivity index (χ2n) is 5.79. The molecule has 0 spiro atoms. The second-order valence-corrected chi connectivity index (χ2v) is 6.19. The molecule has 0 bridgehead atoms. The largest absolute Gasteiger partial charge is 0.310 e. The summed E-state index contributed by atoms with van der Waals surface area (Å²) >= 11 is 6.07.